The zero-order valence-electron chi connectivity index (χ0n) is 28.6. The normalized spacial score (nSPS) is 18.4. The van der Waals surface area contributed by atoms with Crippen molar-refractivity contribution in [2.75, 3.05) is 42.2 Å². The molecule has 0 unspecified atom stereocenters. The maximum Gasteiger partial charge on any atom is 0.407 e. The summed E-state index contributed by atoms with van der Waals surface area (Å²) in [5.41, 5.74) is 3.82. The molecule has 0 aliphatic carbocycles. The van der Waals surface area contributed by atoms with Crippen LogP contribution in [0.2, 0.25) is 0 Å². The molecule has 0 saturated carbocycles. The third-order valence-corrected chi connectivity index (χ3v) is 9.69. The Hall–Kier alpha value is -4.74. The Kier molecular flexibility index (Phi) is 11.7. The van der Waals surface area contributed by atoms with E-state index in [1.807, 2.05) is 71.6 Å². The van der Waals surface area contributed by atoms with E-state index in [1.54, 1.807) is 13.8 Å². The number of nitrogens with one attached hydrogen (secondary N) is 3. The lowest BCUT2D eigenvalue weighted by Gasteiger charge is -2.39. The lowest BCUT2D eigenvalue weighted by atomic mass is 9.84. The van der Waals surface area contributed by atoms with Crippen molar-refractivity contribution in [1.29, 1.82) is 0 Å². The van der Waals surface area contributed by atoms with E-state index < -0.39 is 23.6 Å². The molecule has 0 radical (unpaired) electrons. The topological polar surface area (TPSA) is 134 Å². The maximum atomic E-state index is 13.4. The number of aldehydes is 1. The summed E-state index contributed by atoms with van der Waals surface area (Å²) in [6, 6.07) is 24.9. The molecule has 3 aromatic rings. The Morgan fingerprint density at radius 3 is 2.02 bits per heavy atom. The number of carboxylic acid groups (broad SMARTS) is 1. The molecule has 0 aromatic heterocycles. The number of para-hydroxylation sites is 1. The molecule has 3 aromatic carbocycles. The van der Waals surface area contributed by atoms with Gasteiger partial charge in [0.25, 0.3) is 0 Å². The zero-order valence-corrected chi connectivity index (χ0v) is 28.6. The molecule has 2 heterocycles. The van der Waals surface area contributed by atoms with Gasteiger partial charge in [0, 0.05) is 49.2 Å². The van der Waals surface area contributed by atoms with Gasteiger partial charge in [-0.1, -0.05) is 56.3 Å². The third-order valence-electron chi connectivity index (χ3n) is 9.69. The van der Waals surface area contributed by atoms with Gasteiger partial charge in [-0.2, -0.15) is 0 Å². The van der Waals surface area contributed by atoms with E-state index in [0.29, 0.717) is 31.7 Å². The number of rotatable bonds is 14. The smallest absolute Gasteiger partial charge is 0.407 e. The predicted octanol–water partition coefficient (Wildman–Crippen LogP) is 5.19. The van der Waals surface area contributed by atoms with E-state index in [2.05, 4.69) is 33.0 Å². The number of hydrogen-bond acceptors (Lipinski definition) is 7. The number of benzene rings is 3. The Bertz CT molecular complexity index is 1570. The quantitative estimate of drug-likeness (QED) is 0.173. The van der Waals surface area contributed by atoms with Gasteiger partial charge in [-0.3, -0.25) is 14.5 Å². The first-order valence-corrected chi connectivity index (χ1v) is 17.0. The van der Waals surface area contributed by atoms with Crippen LogP contribution in [0.3, 0.4) is 0 Å². The molecule has 4 N–H and O–H groups in total. The van der Waals surface area contributed by atoms with Crippen molar-refractivity contribution < 1.29 is 24.3 Å². The standard InChI is InChI=1S/C38H48N6O5/c1-38(2,26-45)34(42(3)37(48)49)25-43-22-8-12-33(43)36(47)41-30-19-15-28(16-20-30)24-44(31-9-5-4-6-10-31)23-27-13-17-29(18-14-27)40-35(46)32-11-7-21-39-32/h4-6,9-10,13-20,26,32-34,39H,7-8,11-12,21-25H2,1-3H3,(H,40,46)(H,41,47)(H,48,49)/t32-,33-,34+/m0/s1. The van der Waals surface area contributed by atoms with Crippen molar-refractivity contribution in [2.45, 2.75) is 70.7 Å². The number of carbonyl (C=O) groups is 4. The molecule has 11 heteroatoms. The lowest BCUT2D eigenvalue weighted by Crippen LogP contribution is -2.54. The van der Waals surface area contributed by atoms with Gasteiger partial charge in [-0.25, -0.2) is 4.79 Å². The van der Waals surface area contributed by atoms with Crippen LogP contribution in [0.15, 0.2) is 78.9 Å². The first-order chi connectivity index (χ1) is 23.5. The zero-order chi connectivity index (χ0) is 35.0. The van der Waals surface area contributed by atoms with E-state index in [1.165, 1.54) is 11.9 Å². The minimum absolute atomic E-state index is 0.00668. The minimum Gasteiger partial charge on any atom is -0.465 e. The highest BCUT2D eigenvalue weighted by Crippen LogP contribution is 2.28. The molecule has 11 nitrogen and oxygen atoms in total. The number of nitrogens with zero attached hydrogens (tertiary/aromatic N) is 3. The predicted molar refractivity (Wildman–Crippen MR) is 192 cm³/mol. The van der Waals surface area contributed by atoms with Crippen LogP contribution in [0.25, 0.3) is 0 Å². The molecule has 0 bridgehead atoms. The number of amides is 3. The second kappa shape index (κ2) is 16.1. The molecule has 2 saturated heterocycles. The molecule has 0 spiro atoms. The molecule has 2 fully saturated rings. The van der Waals surface area contributed by atoms with E-state index in [0.717, 1.165) is 54.6 Å². The summed E-state index contributed by atoms with van der Waals surface area (Å²) in [6.07, 6.45) is 3.02. The Morgan fingerprint density at radius 1 is 0.898 bits per heavy atom. The van der Waals surface area contributed by atoms with Gasteiger partial charge in [0.05, 0.1) is 18.1 Å². The second-order valence-electron chi connectivity index (χ2n) is 13.7. The van der Waals surface area contributed by atoms with Crippen molar-refractivity contribution in [2.24, 2.45) is 5.41 Å². The second-order valence-corrected chi connectivity index (χ2v) is 13.7. The van der Waals surface area contributed by atoms with E-state index in [-0.39, 0.29) is 24.4 Å². The number of hydrogen-bond donors (Lipinski definition) is 4. The van der Waals surface area contributed by atoms with Crippen LogP contribution < -0.4 is 20.9 Å². The summed E-state index contributed by atoms with van der Waals surface area (Å²) in [6.45, 7) is 6.58. The highest BCUT2D eigenvalue weighted by Gasteiger charge is 2.40. The molecule has 260 valence electrons. The van der Waals surface area contributed by atoms with Crippen molar-refractivity contribution >= 4 is 41.3 Å². The van der Waals surface area contributed by atoms with Gasteiger partial charge in [0.15, 0.2) is 0 Å². The van der Waals surface area contributed by atoms with Gasteiger partial charge in [-0.05, 0) is 86.3 Å². The Labute approximate surface area is 288 Å². The summed E-state index contributed by atoms with van der Waals surface area (Å²) in [4.78, 5) is 55.0. The molecular formula is C38H48N6O5. The van der Waals surface area contributed by atoms with Crippen LogP contribution in [0.5, 0.6) is 0 Å². The van der Waals surface area contributed by atoms with Gasteiger partial charge in [0.2, 0.25) is 11.8 Å². The Morgan fingerprint density at radius 2 is 1.49 bits per heavy atom. The first-order valence-electron chi connectivity index (χ1n) is 17.0. The minimum atomic E-state index is -1.11. The molecule has 2 aliphatic heterocycles. The fourth-order valence-corrected chi connectivity index (χ4v) is 6.70. The number of likely N-dealkylation sites (N-methyl/N-ethyl adjacent to an activating group) is 1. The van der Waals surface area contributed by atoms with Gasteiger partial charge in [0.1, 0.15) is 6.29 Å². The molecule has 49 heavy (non-hydrogen) atoms. The van der Waals surface area contributed by atoms with Crippen molar-refractivity contribution in [1.82, 2.24) is 15.1 Å². The average Bonchev–Trinajstić information content (AvgIpc) is 3.82. The highest BCUT2D eigenvalue weighted by molar-refractivity contribution is 5.95. The van der Waals surface area contributed by atoms with Gasteiger partial charge >= 0.3 is 6.09 Å². The molecule has 3 atom stereocenters. The fraction of sp³-hybridized carbons (Fsp3) is 0.421. The Balaban J connectivity index is 1.21. The van der Waals surface area contributed by atoms with Crippen molar-refractivity contribution in [3.63, 3.8) is 0 Å². The van der Waals surface area contributed by atoms with E-state index in [9.17, 15) is 24.3 Å². The van der Waals surface area contributed by atoms with Crippen LogP contribution in [0, 0.1) is 5.41 Å². The average molecular weight is 669 g/mol. The summed E-state index contributed by atoms with van der Waals surface area (Å²) in [7, 11) is 1.47. The van der Waals surface area contributed by atoms with Crippen molar-refractivity contribution in [3.05, 3.63) is 90.0 Å². The van der Waals surface area contributed by atoms with E-state index >= 15 is 0 Å². The summed E-state index contributed by atoms with van der Waals surface area (Å²) in [5.74, 6) is -0.136. The van der Waals surface area contributed by atoms with Gasteiger partial charge in [-0.15, -0.1) is 0 Å². The molecular weight excluding hydrogens is 620 g/mol. The largest absolute Gasteiger partial charge is 0.465 e. The number of anilines is 3. The molecule has 2 aliphatic rings. The maximum absolute atomic E-state index is 13.4. The molecule has 5 rings (SSSR count). The fourth-order valence-electron chi connectivity index (χ4n) is 6.70. The first kappa shape index (κ1) is 35.6. The van der Waals surface area contributed by atoms with Crippen LogP contribution in [-0.2, 0) is 27.5 Å². The lowest BCUT2D eigenvalue weighted by molar-refractivity contribution is -0.121. The van der Waals surface area contributed by atoms with Crippen LogP contribution in [-0.4, -0.2) is 83.9 Å². The monoisotopic (exact) mass is 668 g/mol. The van der Waals surface area contributed by atoms with Crippen LogP contribution in [0.1, 0.15) is 50.7 Å². The van der Waals surface area contributed by atoms with E-state index in [4.69, 9.17) is 0 Å². The highest BCUT2D eigenvalue weighted by atomic mass is 16.4. The van der Waals surface area contributed by atoms with Crippen LogP contribution in [0.4, 0.5) is 21.9 Å². The van der Waals surface area contributed by atoms with Crippen LogP contribution >= 0.6 is 0 Å². The summed E-state index contributed by atoms with van der Waals surface area (Å²) in [5, 5.41) is 18.9. The van der Waals surface area contributed by atoms with Gasteiger partial charge < -0.3 is 35.7 Å². The SMILES string of the molecule is CN(C(=O)O)[C@H](CN1CCC[C@H]1C(=O)Nc1ccc(CN(Cc2ccc(NC(=O)[C@@H]3CCCN3)cc2)c2ccccc2)cc1)C(C)(C)C=O. The number of carbonyl (C=O) groups excluding carboxylic acids is 3. The number of likely N-dealkylation sites (tertiary alicyclic amines) is 1. The third kappa shape index (κ3) is 9.24. The summed E-state index contributed by atoms with van der Waals surface area (Å²) >= 11 is 0. The van der Waals surface area contributed by atoms with Crippen molar-refractivity contribution in [3.8, 4) is 0 Å². The molecule has 3 amide bonds. The summed E-state index contributed by atoms with van der Waals surface area (Å²) < 4.78 is 0.